The first kappa shape index (κ1) is 80.6. The molecule has 0 radical (unpaired) electrons. The van der Waals surface area contributed by atoms with E-state index in [2.05, 4.69) is 79.9 Å². The summed E-state index contributed by atoms with van der Waals surface area (Å²) in [4.78, 5) is 13.1. The second kappa shape index (κ2) is 64.6. The van der Waals surface area contributed by atoms with Crippen LogP contribution >= 0.6 is 0 Å². The topological polar surface area (TPSA) is 149 Å². The van der Waals surface area contributed by atoms with Gasteiger partial charge in [-0.05, 0) is 64.2 Å². The van der Waals surface area contributed by atoms with Crippen molar-refractivity contribution in [1.82, 2.24) is 5.32 Å². The van der Waals surface area contributed by atoms with Gasteiger partial charge in [0.1, 0.15) is 24.4 Å². The van der Waals surface area contributed by atoms with E-state index in [0.717, 1.165) is 70.6 Å². The van der Waals surface area contributed by atoms with Gasteiger partial charge in [0.15, 0.2) is 6.29 Å². The van der Waals surface area contributed by atoms with E-state index >= 15 is 0 Å². The van der Waals surface area contributed by atoms with E-state index in [0.29, 0.717) is 6.42 Å². The summed E-state index contributed by atoms with van der Waals surface area (Å²) in [5.41, 5.74) is 0. The van der Waals surface area contributed by atoms with E-state index in [1.165, 1.54) is 257 Å². The van der Waals surface area contributed by atoms with Gasteiger partial charge >= 0.3 is 0 Å². The second-order valence-corrected chi connectivity index (χ2v) is 25.4. The third kappa shape index (κ3) is 53.2. The number of nitrogens with one attached hydrogen (secondary N) is 1. The van der Waals surface area contributed by atoms with Crippen molar-refractivity contribution in [2.24, 2.45) is 0 Å². The van der Waals surface area contributed by atoms with Gasteiger partial charge in [-0.3, -0.25) is 4.79 Å². The van der Waals surface area contributed by atoms with Crippen molar-refractivity contribution in [1.29, 1.82) is 0 Å². The summed E-state index contributed by atoms with van der Waals surface area (Å²) in [5, 5.41) is 54.8. The van der Waals surface area contributed by atoms with E-state index in [1.807, 2.05) is 6.08 Å². The van der Waals surface area contributed by atoms with Crippen LogP contribution in [-0.2, 0) is 14.3 Å². The molecule has 9 nitrogen and oxygen atoms in total. The van der Waals surface area contributed by atoms with Crippen molar-refractivity contribution in [3.63, 3.8) is 0 Å². The van der Waals surface area contributed by atoms with E-state index in [1.54, 1.807) is 6.08 Å². The highest BCUT2D eigenvalue weighted by Crippen LogP contribution is 2.23. The van der Waals surface area contributed by atoms with Gasteiger partial charge < -0.3 is 40.3 Å². The van der Waals surface area contributed by atoms with Crippen LogP contribution in [0.15, 0.2) is 72.9 Å². The molecule has 7 atom stereocenters. The zero-order valence-electron chi connectivity index (χ0n) is 55.6. The minimum atomic E-state index is -1.57. The quantitative estimate of drug-likeness (QED) is 0.0261. The second-order valence-electron chi connectivity index (χ2n) is 25.4. The number of rotatable bonds is 64. The molecule has 1 aliphatic heterocycles. The van der Waals surface area contributed by atoms with E-state index in [-0.39, 0.29) is 12.5 Å². The summed E-state index contributed by atoms with van der Waals surface area (Å²) in [6.07, 6.45) is 84.4. The van der Waals surface area contributed by atoms with Crippen LogP contribution in [-0.4, -0.2) is 87.5 Å². The van der Waals surface area contributed by atoms with E-state index < -0.39 is 49.5 Å². The summed E-state index contributed by atoms with van der Waals surface area (Å²) < 4.78 is 11.3. The van der Waals surface area contributed by atoms with Gasteiger partial charge in [0, 0.05) is 6.42 Å². The standard InChI is InChI=1S/C76H139NO8/c1-3-5-7-9-11-13-15-17-19-21-23-25-27-29-31-32-33-34-35-36-37-38-40-42-44-46-48-50-52-54-56-58-60-62-64-66-72(80)77-69(68-84-76-75(83)74(82)73(81)71(67-78)85-76)70(79)65-63-61-59-57-55-53-51-49-47-45-43-41-39-30-28-26-24-22-20-18-16-14-12-10-8-6-4-2/h5,7,11,13,17,19,23,25,29,31,63,65,69-71,73-76,78-79,81-83H,3-4,6,8-10,12,14-16,18,20-22,24,26-28,30,32-62,64,66-68H2,1-2H3,(H,77,80)/b7-5-,13-11-,19-17-,25-23-,31-29-,65-63+. The van der Waals surface area contributed by atoms with Gasteiger partial charge in [0.25, 0.3) is 0 Å². The lowest BCUT2D eigenvalue weighted by Crippen LogP contribution is -2.60. The van der Waals surface area contributed by atoms with E-state index in [4.69, 9.17) is 9.47 Å². The SMILES string of the molecule is CC/C=C\C/C=C\C/C=C\C/C=C\C/C=C\CCCCCCCCCCCCCCCCCCCCCC(=O)NC(COC1OC(CO)C(O)C(O)C1O)C(O)/C=C/CCCCCCCCCCCCCCCCCCCCCCCCCCC. The molecule has 7 unspecified atom stereocenters. The molecule has 6 N–H and O–H groups in total. The molecular weight excluding hydrogens is 1050 g/mol. The predicted octanol–water partition coefficient (Wildman–Crippen LogP) is 20.3. The predicted molar refractivity (Wildman–Crippen MR) is 364 cm³/mol. The fourth-order valence-corrected chi connectivity index (χ4v) is 11.6. The van der Waals surface area contributed by atoms with Crippen molar-refractivity contribution < 1.29 is 39.8 Å². The highest BCUT2D eigenvalue weighted by atomic mass is 16.7. The molecule has 0 aromatic heterocycles. The number of hydrogen-bond acceptors (Lipinski definition) is 8. The smallest absolute Gasteiger partial charge is 0.220 e. The highest BCUT2D eigenvalue weighted by Gasteiger charge is 2.44. The van der Waals surface area contributed by atoms with E-state index in [9.17, 15) is 30.3 Å². The number of amides is 1. The fraction of sp³-hybridized carbons (Fsp3) is 0.829. The minimum Gasteiger partial charge on any atom is -0.394 e. The van der Waals surface area contributed by atoms with Crippen LogP contribution in [0.4, 0.5) is 0 Å². The Morgan fingerprint density at radius 3 is 1.08 bits per heavy atom. The lowest BCUT2D eigenvalue weighted by atomic mass is 9.99. The first-order valence-electron chi connectivity index (χ1n) is 36.7. The summed E-state index contributed by atoms with van der Waals surface area (Å²) >= 11 is 0. The van der Waals surface area contributed by atoms with Gasteiger partial charge in [0.05, 0.1) is 25.4 Å². The molecule has 1 saturated heterocycles. The molecule has 0 bridgehead atoms. The first-order valence-corrected chi connectivity index (χ1v) is 36.7. The van der Waals surface area contributed by atoms with Crippen LogP contribution in [0.1, 0.15) is 348 Å². The summed E-state index contributed by atoms with van der Waals surface area (Å²) in [6, 6.07) is -0.808. The lowest BCUT2D eigenvalue weighted by molar-refractivity contribution is -0.302. The largest absolute Gasteiger partial charge is 0.394 e. The molecule has 0 aromatic carbocycles. The normalized spacial score (nSPS) is 18.5. The Kier molecular flexibility index (Phi) is 61.3. The molecule has 9 heteroatoms. The fourth-order valence-electron chi connectivity index (χ4n) is 11.6. The van der Waals surface area contributed by atoms with Crippen molar-refractivity contribution in [3.05, 3.63) is 72.9 Å². The van der Waals surface area contributed by atoms with Crippen LogP contribution < -0.4 is 5.32 Å². The van der Waals surface area contributed by atoms with Crippen molar-refractivity contribution in [2.45, 2.75) is 391 Å². The Labute approximate surface area is 525 Å². The molecule has 0 aliphatic carbocycles. The van der Waals surface area contributed by atoms with Crippen LogP contribution in [0.5, 0.6) is 0 Å². The maximum atomic E-state index is 13.1. The minimum absolute atomic E-state index is 0.172. The van der Waals surface area contributed by atoms with Crippen LogP contribution in [0.25, 0.3) is 0 Å². The molecule has 1 fully saturated rings. The number of unbranched alkanes of at least 4 members (excludes halogenated alkanes) is 44. The maximum absolute atomic E-state index is 13.1. The van der Waals surface area contributed by atoms with Crippen molar-refractivity contribution in [2.75, 3.05) is 13.2 Å². The molecular formula is C76H139NO8. The van der Waals surface area contributed by atoms with Gasteiger partial charge in [-0.2, -0.15) is 0 Å². The van der Waals surface area contributed by atoms with Crippen molar-refractivity contribution >= 4 is 5.91 Å². The first-order chi connectivity index (χ1) is 41.8. The number of hydrogen-bond donors (Lipinski definition) is 6. The molecule has 496 valence electrons. The average Bonchev–Trinajstić information content (AvgIpc) is 3.71. The Hall–Kier alpha value is -2.37. The Morgan fingerprint density at radius 2 is 0.729 bits per heavy atom. The zero-order chi connectivity index (χ0) is 61.4. The Morgan fingerprint density at radius 1 is 0.412 bits per heavy atom. The maximum Gasteiger partial charge on any atom is 0.220 e. The summed E-state index contributed by atoms with van der Waals surface area (Å²) in [6.45, 7) is 3.71. The molecule has 0 spiro atoms. The molecule has 0 saturated carbocycles. The monoisotopic (exact) mass is 1190 g/mol. The number of aliphatic hydroxyl groups excluding tert-OH is 5. The van der Waals surface area contributed by atoms with Crippen LogP contribution in [0, 0.1) is 0 Å². The number of aliphatic hydroxyl groups is 5. The molecule has 1 amide bonds. The number of allylic oxidation sites excluding steroid dienone is 11. The number of carbonyl (C=O) groups excluding carboxylic acids is 1. The molecule has 85 heavy (non-hydrogen) atoms. The third-order valence-corrected chi connectivity index (χ3v) is 17.3. The molecule has 0 aromatic rings. The summed E-state index contributed by atoms with van der Waals surface area (Å²) in [7, 11) is 0. The highest BCUT2D eigenvalue weighted by molar-refractivity contribution is 5.76. The Bertz CT molecular complexity index is 1570. The lowest BCUT2D eigenvalue weighted by Gasteiger charge is -2.40. The van der Waals surface area contributed by atoms with Gasteiger partial charge in [-0.25, -0.2) is 0 Å². The Balaban J connectivity index is 2.10. The van der Waals surface area contributed by atoms with Crippen LogP contribution in [0.2, 0.25) is 0 Å². The molecule has 1 rings (SSSR count). The zero-order valence-corrected chi connectivity index (χ0v) is 55.6. The molecule has 1 aliphatic rings. The summed E-state index contributed by atoms with van der Waals surface area (Å²) in [5.74, 6) is -0.172. The van der Waals surface area contributed by atoms with Crippen molar-refractivity contribution in [3.8, 4) is 0 Å². The van der Waals surface area contributed by atoms with Gasteiger partial charge in [-0.1, -0.05) is 350 Å². The van der Waals surface area contributed by atoms with Gasteiger partial charge in [0.2, 0.25) is 5.91 Å². The van der Waals surface area contributed by atoms with Crippen LogP contribution in [0.3, 0.4) is 0 Å². The molecule has 1 heterocycles. The number of ether oxygens (including phenoxy) is 2. The average molecular weight is 1190 g/mol. The third-order valence-electron chi connectivity index (χ3n) is 17.3. The van der Waals surface area contributed by atoms with Gasteiger partial charge in [-0.15, -0.1) is 0 Å². The number of carbonyl (C=O) groups is 1.